The van der Waals surface area contributed by atoms with E-state index in [9.17, 15) is 4.79 Å². The standard InChI is InChI=1S/C17H25ClN2O.ClH/c1-12-7-14(10-19)11-20(12)16(21)17(2,3)9-13-5-4-6-15(18)8-13;/h4-6,8,12,14H,7,9-11,19H2,1-3H3;1H. The monoisotopic (exact) mass is 344 g/mol. The van der Waals surface area contributed by atoms with Crippen LogP contribution in [0.5, 0.6) is 0 Å². The van der Waals surface area contributed by atoms with E-state index in [0.29, 0.717) is 23.9 Å². The molecule has 5 heteroatoms. The van der Waals surface area contributed by atoms with Crippen molar-refractivity contribution >= 4 is 29.9 Å². The molecule has 1 aromatic carbocycles. The molecular weight excluding hydrogens is 319 g/mol. The summed E-state index contributed by atoms with van der Waals surface area (Å²) >= 11 is 6.03. The molecule has 0 bridgehead atoms. The van der Waals surface area contributed by atoms with Gasteiger partial charge in [-0.05, 0) is 49.9 Å². The molecule has 2 rings (SSSR count). The highest BCUT2D eigenvalue weighted by molar-refractivity contribution is 6.30. The summed E-state index contributed by atoms with van der Waals surface area (Å²) in [4.78, 5) is 14.9. The van der Waals surface area contributed by atoms with E-state index >= 15 is 0 Å². The Labute approximate surface area is 144 Å². The van der Waals surface area contributed by atoms with Crippen LogP contribution in [0.1, 0.15) is 32.8 Å². The fourth-order valence-corrected chi connectivity index (χ4v) is 3.43. The van der Waals surface area contributed by atoms with Crippen LogP contribution in [0, 0.1) is 11.3 Å². The van der Waals surface area contributed by atoms with Crippen molar-refractivity contribution in [3.05, 3.63) is 34.9 Å². The molecule has 2 unspecified atom stereocenters. The Kier molecular flexibility index (Phi) is 6.72. The molecule has 1 aromatic rings. The summed E-state index contributed by atoms with van der Waals surface area (Å²) in [5, 5.41) is 0.716. The normalized spacial score (nSPS) is 21.6. The number of hydrogen-bond donors (Lipinski definition) is 1. The van der Waals surface area contributed by atoms with Gasteiger partial charge in [-0.25, -0.2) is 0 Å². The minimum absolute atomic E-state index is 0. The third-order valence-electron chi connectivity index (χ3n) is 4.37. The molecule has 2 atom stereocenters. The number of nitrogens with zero attached hydrogens (tertiary/aromatic N) is 1. The molecule has 124 valence electrons. The van der Waals surface area contributed by atoms with Crippen molar-refractivity contribution in [1.82, 2.24) is 4.90 Å². The Bertz CT molecular complexity index is 519. The second-order valence-electron chi connectivity index (χ2n) is 6.83. The van der Waals surface area contributed by atoms with E-state index in [4.69, 9.17) is 17.3 Å². The molecule has 0 aliphatic carbocycles. The third-order valence-corrected chi connectivity index (χ3v) is 4.60. The van der Waals surface area contributed by atoms with Crippen LogP contribution in [0.4, 0.5) is 0 Å². The molecule has 0 aromatic heterocycles. The second kappa shape index (κ2) is 7.67. The first-order chi connectivity index (χ1) is 9.83. The maximum atomic E-state index is 12.9. The van der Waals surface area contributed by atoms with Crippen LogP contribution in [0.3, 0.4) is 0 Å². The Morgan fingerprint density at radius 2 is 2.14 bits per heavy atom. The number of likely N-dealkylation sites (tertiary alicyclic amines) is 1. The highest BCUT2D eigenvalue weighted by Gasteiger charge is 2.39. The van der Waals surface area contributed by atoms with Crippen molar-refractivity contribution in [2.24, 2.45) is 17.1 Å². The number of halogens is 2. The van der Waals surface area contributed by atoms with Crippen LogP contribution >= 0.6 is 24.0 Å². The lowest BCUT2D eigenvalue weighted by molar-refractivity contribution is -0.141. The first kappa shape index (κ1) is 19.3. The van der Waals surface area contributed by atoms with Gasteiger partial charge in [0.25, 0.3) is 0 Å². The molecular formula is C17H26Cl2N2O. The van der Waals surface area contributed by atoms with Gasteiger partial charge in [0.1, 0.15) is 0 Å². The van der Waals surface area contributed by atoms with Gasteiger partial charge in [0.15, 0.2) is 0 Å². The smallest absolute Gasteiger partial charge is 0.228 e. The maximum absolute atomic E-state index is 12.9. The lowest BCUT2D eigenvalue weighted by Crippen LogP contribution is -2.44. The van der Waals surface area contributed by atoms with Gasteiger partial charge in [-0.3, -0.25) is 4.79 Å². The summed E-state index contributed by atoms with van der Waals surface area (Å²) in [6, 6.07) is 8.03. The number of hydrogen-bond acceptors (Lipinski definition) is 2. The molecule has 0 spiro atoms. The quantitative estimate of drug-likeness (QED) is 0.907. The van der Waals surface area contributed by atoms with Crippen LogP contribution in [0.15, 0.2) is 24.3 Å². The van der Waals surface area contributed by atoms with Crippen molar-refractivity contribution < 1.29 is 4.79 Å². The van der Waals surface area contributed by atoms with E-state index in [1.807, 2.05) is 43.0 Å². The summed E-state index contributed by atoms with van der Waals surface area (Å²) in [5.41, 5.74) is 6.43. The minimum atomic E-state index is -0.428. The van der Waals surface area contributed by atoms with Gasteiger partial charge in [0.2, 0.25) is 5.91 Å². The third kappa shape index (κ3) is 4.37. The first-order valence-electron chi connectivity index (χ1n) is 7.59. The SMILES string of the molecule is CC1CC(CN)CN1C(=O)C(C)(C)Cc1cccc(Cl)c1.Cl. The van der Waals surface area contributed by atoms with Gasteiger partial charge in [0, 0.05) is 23.0 Å². The number of carbonyl (C=O) groups excluding carboxylic acids is 1. The van der Waals surface area contributed by atoms with Crippen molar-refractivity contribution in [3.63, 3.8) is 0 Å². The van der Waals surface area contributed by atoms with E-state index in [-0.39, 0.29) is 24.4 Å². The summed E-state index contributed by atoms with van der Waals surface area (Å²) < 4.78 is 0. The minimum Gasteiger partial charge on any atom is -0.339 e. The van der Waals surface area contributed by atoms with Crippen molar-refractivity contribution in [2.75, 3.05) is 13.1 Å². The molecule has 22 heavy (non-hydrogen) atoms. The van der Waals surface area contributed by atoms with Crippen LogP contribution in [-0.2, 0) is 11.2 Å². The Morgan fingerprint density at radius 1 is 1.45 bits per heavy atom. The van der Waals surface area contributed by atoms with Crippen LogP contribution in [0.25, 0.3) is 0 Å². The Hall–Kier alpha value is -0.770. The molecule has 1 saturated heterocycles. The number of benzene rings is 1. The topological polar surface area (TPSA) is 46.3 Å². The predicted octanol–water partition coefficient (Wildman–Crippen LogP) is 3.53. The molecule has 3 nitrogen and oxygen atoms in total. The van der Waals surface area contributed by atoms with Crippen molar-refractivity contribution in [3.8, 4) is 0 Å². The summed E-state index contributed by atoms with van der Waals surface area (Å²) in [5.74, 6) is 0.650. The number of amides is 1. The molecule has 1 aliphatic heterocycles. The highest BCUT2D eigenvalue weighted by Crippen LogP contribution is 2.31. The highest BCUT2D eigenvalue weighted by atomic mass is 35.5. The summed E-state index contributed by atoms with van der Waals surface area (Å²) in [6.07, 6.45) is 1.71. The van der Waals surface area contributed by atoms with Gasteiger partial charge in [-0.2, -0.15) is 0 Å². The second-order valence-corrected chi connectivity index (χ2v) is 7.27. The van der Waals surface area contributed by atoms with E-state index in [1.165, 1.54) is 0 Å². The van der Waals surface area contributed by atoms with Gasteiger partial charge >= 0.3 is 0 Å². The number of carbonyl (C=O) groups is 1. The van der Waals surface area contributed by atoms with Crippen LogP contribution in [-0.4, -0.2) is 29.9 Å². The van der Waals surface area contributed by atoms with Gasteiger partial charge in [-0.1, -0.05) is 37.6 Å². The predicted molar refractivity (Wildman–Crippen MR) is 94.5 cm³/mol. The van der Waals surface area contributed by atoms with E-state index < -0.39 is 5.41 Å². The van der Waals surface area contributed by atoms with E-state index in [1.54, 1.807) is 0 Å². The zero-order chi connectivity index (χ0) is 15.6. The lowest BCUT2D eigenvalue weighted by atomic mass is 9.84. The van der Waals surface area contributed by atoms with Crippen molar-refractivity contribution in [1.29, 1.82) is 0 Å². The zero-order valence-electron chi connectivity index (χ0n) is 13.5. The van der Waals surface area contributed by atoms with Gasteiger partial charge in [-0.15, -0.1) is 12.4 Å². The molecule has 1 fully saturated rings. The largest absolute Gasteiger partial charge is 0.339 e. The lowest BCUT2D eigenvalue weighted by Gasteiger charge is -2.32. The molecule has 0 radical (unpaired) electrons. The fraction of sp³-hybridized carbons (Fsp3) is 0.588. The van der Waals surface area contributed by atoms with E-state index in [0.717, 1.165) is 18.5 Å². The summed E-state index contributed by atoms with van der Waals surface area (Å²) in [7, 11) is 0. The van der Waals surface area contributed by atoms with Crippen LogP contribution in [0.2, 0.25) is 5.02 Å². The molecule has 2 N–H and O–H groups in total. The fourth-order valence-electron chi connectivity index (χ4n) is 3.22. The van der Waals surface area contributed by atoms with E-state index in [2.05, 4.69) is 6.92 Å². The molecule has 0 saturated carbocycles. The number of nitrogens with two attached hydrogens (primary N) is 1. The van der Waals surface area contributed by atoms with Gasteiger partial charge < -0.3 is 10.6 Å². The Morgan fingerprint density at radius 3 is 2.68 bits per heavy atom. The molecule has 1 aliphatic rings. The molecule has 1 heterocycles. The van der Waals surface area contributed by atoms with Crippen LogP contribution < -0.4 is 5.73 Å². The summed E-state index contributed by atoms with van der Waals surface area (Å²) in [6.45, 7) is 7.58. The number of rotatable bonds is 4. The van der Waals surface area contributed by atoms with Gasteiger partial charge in [0.05, 0.1) is 0 Å². The average molecular weight is 345 g/mol. The first-order valence-corrected chi connectivity index (χ1v) is 7.97. The molecule has 1 amide bonds. The maximum Gasteiger partial charge on any atom is 0.228 e. The zero-order valence-corrected chi connectivity index (χ0v) is 15.1. The average Bonchev–Trinajstić information content (AvgIpc) is 2.78. The van der Waals surface area contributed by atoms with Crippen molar-refractivity contribution in [2.45, 2.75) is 39.7 Å². The Balaban J connectivity index is 0.00000242.